The minimum atomic E-state index is 0.559. The van der Waals surface area contributed by atoms with Gasteiger partial charge in [-0.1, -0.05) is 0 Å². The van der Waals surface area contributed by atoms with Crippen LogP contribution in [0.15, 0.2) is 12.4 Å². The average molecular weight is 195 g/mol. The highest BCUT2D eigenvalue weighted by molar-refractivity contribution is 5.15. The molecule has 1 aromatic heterocycles. The van der Waals surface area contributed by atoms with Gasteiger partial charge in [-0.25, -0.2) is 0 Å². The summed E-state index contributed by atoms with van der Waals surface area (Å²) in [5.41, 5.74) is 1.32. The van der Waals surface area contributed by atoms with Crippen LogP contribution in [0.4, 0.5) is 0 Å². The highest BCUT2D eigenvalue weighted by Crippen LogP contribution is 2.27. The van der Waals surface area contributed by atoms with E-state index < -0.39 is 0 Å². The Morgan fingerprint density at radius 1 is 1.64 bits per heavy atom. The van der Waals surface area contributed by atoms with Crippen molar-refractivity contribution in [1.29, 1.82) is 0 Å². The summed E-state index contributed by atoms with van der Waals surface area (Å²) in [6.07, 6.45) is 4.06. The molecule has 14 heavy (non-hydrogen) atoms. The first kappa shape index (κ1) is 9.68. The molecule has 0 saturated carbocycles. The molecule has 1 N–H and O–H groups in total. The van der Waals surface area contributed by atoms with Crippen LogP contribution in [-0.4, -0.2) is 36.6 Å². The lowest BCUT2D eigenvalue weighted by Crippen LogP contribution is -2.16. The molecule has 0 radical (unpaired) electrons. The quantitative estimate of drug-likeness (QED) is 0.757. The fraction of sp³-hybridized carbons (Fsp3) is 0.700. The second-order valence-corrected chi connectivity index (χ2v) is 3.93. The Kier molecular flexibility index (Phi) is 2.84. The fourth-order valence-corrected chi connectivity index (χ4v) is 2.14. The van der Waals surface area contributed by atoms with E-state index in [0.717, 1.165) is 19.7 Å². The number of rotatable bonds is 3. The molecule has 0 aliphatic carbocycles. The number of aromatic nitrogens is 2. The van der Waals surface area contributed by atoms with Crippen molar-refractivity contribution in [3.8, 4) is 0 Å². The molecule has 4 heteroatoms. The standard InChI is InChI=1S/C10H17N3O/c1-13-6-8(4-12-13)10-5-11-3-9(10)7-14-2/h4,6,9-11H,3,5,7H2,1-2H3. The average Bonchev–Trinajstić information content (AvgIpc) is 2.74. The maximum atomic E-state index is 5.22. The van der Waals surface area contributed by atoms with Crippen LogP contribution in [0.25, 0.3) is 0 Å². The topological polar surface area (TPSA) is 39.1 Å². The molecular formula is C10H17N3O. The summed E-state index contributed by atoms with van der Waals surface area (Å²) >= 11 is 0. The van der Waals surface area contributed by atoms with Gasteiger partial charge >= 0.3 is 0 Å². The molecular weight excluding hydrogens is 178 g/mol. The summed E-state index contributed by atoms with van der Waals surface area (Å²) in [5, 5.41) is 7.60. The molecule has 1 aliphatic heterocycles. The highest BCUT2D eigenvalue weighted by atomic mass is 16.5. The second kappa shape index (κ2) is 4.11. The van der Waals surface area contributed by atoms with Crippen molar-refractivity contribution >= 4 is 0 Å². The third kappa shape index (κ3) is 1.81. The van der Waals surface area contributed by atoms with Crippen LogP contribution in [0, 0.1) is 5.92 Å². The number of nitrogens with zero attached hydrogens (tertiary/aromatic N) is 2. The summed E-state index contributed by atoms with van der Waals surface area (Å²) in [6.45, 7) is 2.92. The molecule has 1 fully saturated rings. The van der Waals surface area contributed by atoms with Crippen LogP contribution in [0.2, 0.25) is 0 Å². The van der Waals surface area contributed by atoms with Gasteiger partial charge < -0.3 is 10.1 Å². The lowest BCUT2D eigenvalue weighted by Gasteiger charge is -2.15. The summed E-state index contributed by atoms with van der Waals surface area (Å²) in [7, 11) is 3.72. The molecule has 0 spiro atoms. The van der Waals surface area contributed by atoms with Gasteiger partial charge in [0.05, 0.1) is 12.8 Å². The number of methoxy groups -OCH3 is 1. The molecule has 1 saturated heterocycles. The third-order valence-corrected chi connectivity index (χ3v) is 2.87. The maximum absolute atomic E-state index is 5.22. The molecule has 1 aliphatic rings. The van der Waals surface area contributed by atoms with Gasteiger partial charge in [-0.3, -0.25) is 4.68 Å². The monoisotopic (exact) mass is 195 g/mol. The Morgan fingerprint density at radius 2 is 2.50 bits per heavy atom. The van der Waals surface area contributed by atoms with E-state index in [-0.39, 0.29) is 0 Å². The lowest BCUT2D eigenvalue weighted by molar-refractivity contribution is 0.153. The van der Waals surface area contributed by atoms with E-state index in [1.54, 1.807) is 7.11 Å². The summed E-state index contributed by atoms with van der Waals surface area (Å²) in [6, 6.07) is 0. The van der Waals surface area contributed by atoms with Crippen molar-refractivity contribution in [1.82, 2.24) is 15.1 Å². The Hall–Kier alpha value is -0.870. The number of aryl methyl sites for hydroxylation is 1. The molecule has 1 aromatic rings. The predicted molar refractivity (Wildman–Crippen MR) is 54.2 cm³/mol. The van der Waals surface area contributed by atoms with Crippen LogP contribution in [-0.2, 0) is 11.8 Å². The first-order chi connectivity index (χ1) is 6.81. The van der Waals surface area contributed by atoms with E-state index >= 15 is 0 Å². The minimum absolute atomic E-state index is 0.559. The largest absolute Gasteiger partial charge is 0.384 e. The second-order valence-electron chi connectivity index (χ2n) is 3.93. The predicted octanol–water partition coefficient (Wildman–Crippen LogP) is 0.369. The Labute approximate surface area is 84.3 Å². The molecule has 78 valence electrons. The van der Waals surface area contributed by atoms with E-state index in [1.165, 1.54) is 5.56 Å². The Bertz CT molecular complexity index is 297. The van der Waals surface area contributed by atoms with Gasteiger partial charge in [0.15, 0.2) is 0 Å². The van der Waals surface area contributed by atoms with E-state index in [2.05, 4.69) is 16.6 Å². The SMILES string of the molecule is COCC1CNCC1c1cnn(C)c1. The summed E-state index contributed by atoms with van der Waals surface area (Å²) in [4.78, 5) is 0. The molecule has 2 heterocycles. The van der Waals surface area contributed by atoms with Crippen LogP contribution >= 0.6 is 0 Å². The highest BCUT2D eigenvalue weighted by Gasteiger charge is 2.28. The van der Waals surface area contributed by atoms with Gasteiger partial charge in [-0.15, -0.1) is 0 Å². The summed E-state index contributed by atoms with van der Waals surface area (Å²) in [5.74, 6) is 1.15. The molecule has 4 nitrogen and oxygen atoms in total. The lowest BCUT2D eigenvalue weighted by atomic mass is 9.92. The van der Waals surface area contributed by atoms with E-state index in [1.807, 2.05) is 17.9 Å². The van der Waals surface area contributed by atoms with Crippen molar-refractivity contribution in [2.75, 3.05) is 26.8 Å². The number of hydrogen-bond acceptors (Lipinski definition) is 3. The summed E-state index contributed by atoms with van der Waals surface area (Å²) < 4.78 is 7.08. The number of nitrogens with one attached hydrogen (secondary N) is 1. The fourth-order valence-electron chi connectivity index (χ4n) is 2.14. The number of ether oxygens (including phenoxy) is 1. The zero-order chi connectivity index (χ0) is 9.97. The van der Waals surface area contributed by atoms with E-state index in [0.29, 0.717) is 11.8 Å². The van der Waals surface area contributed by atoms with Crippen molar-refractivity contribution in [3.05, 3.63) is 18.0 Å². The maximum Gasteiger partial charge on any atom is 0.0525 e. The van der Waals surface area contributed by atoms with Crippen molar-refractivity contribution in [2.24, 2.45) is 13.0 Å². The van der Waals surface area contributed by atoms with Gasteiger partial charge in [0.2, 0.25) is 0 Å². The molecule has 0 bridgehead atoms. The molecule has 2 unspecified atom stereocenters. The third-order valence-electron chi connectivity index (χ3n) is 2.87. The van der Waals surface area contributed by atoms with Gasteiger partial charge in [0, 0.05) is 45.3 Å². The van der Waals surface area contributed by atoms with Crippen LogP contribution in [0.1, 0.15) is 11.5 Å². The zero-order valence-electron chi connectivity index (χ0n) is 8.73. The Balaban J connectivity index is 2.09. The normalized spacial score (nSPS) is 27.0. The smallest absolute Gasteiger partial charge is 0.0525 e. The minimum Gasteiger partial charge on any atom is -0.384 e. The van der Waals surface area contributed by atoms with Crippen molar-refractivity contribution in [2.45, 2.75) is 5.92 Å². The molecule has 0 aromatic carbocycles. The molecule has 0 amide bonds. The van der Waals surface area contributed by atoms with Crippen LogP contribution < -0.4 is 5.32 Å². The van der Waals surface area contributed by atoms with Crippen molar-refractivity contribution < 1.29 is 4.74 Å². The Morgan fingerprint density at radius 3 is 3.14 bits per heavy atom. The first-order valence-corrected chi connectivity index (χ1v) is 4.99. The van der Waals surface area contributed by atoms with Gasteiger partial charge in [0.25, 0.3) is 0 Å². The first-order valence-electron chi connectivity index (χ1n) is 4.99. The van der Waals surface area contributed by atoms with Crippen LogP contribution in [0.3, 0.4) is 0 Å². The van der Waals surface area contributed by atoms with E-state index in [4.69, 9.17) is 4.74 Å². The van der Waals surface area contributed by atoms with Crippen molar-refractivity contribution in [3.63, 3.8) is 0 Å². The van der Waals surface area contributed by atoms with Gasteiger partial charge in [0.1, 0.15) is 0 Å². The zero-order valence-corrected chi connectivity index (χ0v) is 8.73. The van der Waals surface area contributed by atoms with Gasteiger partial charge in [-0.05, 0) is 5.56 Å². The molecule has 2 rings (SSSR count). The van der Waals surface area contributed by atoms with E-state index in [9.17, 15) is 0 Å². The van der Waals surface area contributed by atoms with Crippen LogP contribution in [0.5, 0.6) is 0 Å². The number of hydrogen-bond donors (Lipinski definition) is 1. The molecule has 2 atom stereocenters. The van der Waals surface area contributed by atoms with Gasteiger partial charge in [-0.2, -0.15) is 5.10 Å².